The quantitative estimate of drug-likeness (QED) is 0.164. The van der Waals surface area contributed by atoms with Crippen molar-refractivity contribution in [1.82, 2.24) is 9.13 Å². The van der Waals surface area contributed by atoms with Gasteiger partial charge in [0.15, 0.2) is 0 Å². The number of anilines is 6. The molecule has 0 saturated carbocycles. The number of hydrogen-bond acceptors (Lipinski definition) is 2. The number of benzene rings is 11. The molecule has 13 aromatic rings. The molecule has 0 saturated heterocycles. The molecule has 0 radical (unpaired) electrons. The number of hydrogen-bond donors (Lipinski definition) is 0. The van der Waals surface area contributed by atoms with Crippen LogP contribution in [0.5, 0.6) is 0 Å². The molecule has 2 aromatic heterocycles. The lowest BCUT2D eigenvalue weighted by Gasteiger charge is -2.42. The van der Waals surface area contributed by atoms with Crippen molar-refractivity contribution in [2.45, 2.75) is 0 Å². The third-order valence-corrected chi connectivity index (χ3v) is 16.4. The van der Waals surface area contributed by atoms with Crippen molar-refractivity contribution in [3.63, 3.8) is 0 Å². The van der Waals surface area contributed by atoms with Crippen LogP contribution >= 0.6 is 0 Å². The minimum Gasteiger partial charge on any atom is -0.311 e. The standard InChI is InChI=1S/C66H40B2N4/c1-5-17-41(18-6-1)43-29-33-55-49(37-43)47-31-35-59-63-65(47)71(55)61-40-62-54(39-53(61)67(63)51-25-13-15-27-57(51)69(59)45-21-9-3-10-22-45)68-52-26-14-16-28-58(52)70(46-23-11-4-12-24-46)60-36-32-48-50-38-44(42-19-7-2-8-20-42)30-34-56(50)72(62)66(48)64(60)68/h1-40H. The maximum Gasteiger partial charge on any atom is 0.252 e. The summed E-state index contributed by atoms with van der Waals surface area (Å²) in [5, 5.41) is 5.09. The second kappa shape index (κ2) is 14.2. The van der Waals surface area contributed by atoms with E-state index < -0.39 is 0 Å². The van der Waals surface area contributed by atoms with E-state index in [4.69, 9.17) is 0 Å². The van der Waals surface area contributed by atoms with Gasteiger partial charge in [0.25, 0.3) is 13.4 Å². The number of fused-ring (bicyclic) bond motifs is 16. The maximum atomic E-state index is 2.65. The summed E-state index contributed by atoms with van der Waals surface area (Å²) in [6.07, 6.45) is 0. The van der Waals surface area contributed by atoms with Gasteiger partial charge in [0.05, 0.1) is 22.1 Å². The zero-order chi connectivity index (χ0) is 46.8. The van der Waals surface area contributed by atoms with Gasteiger partial charge in [0.2, 0.25) is 0 Å². The fourth-order valence-corrected chi connectivity index (χ4v) is 13.6. The smallest absolute Gasteiger partial charge is 0.252 e. The van der Waals surface area contributed by atoms with Crippen LogP contribution in [0.1, 0.15) is 0 Å². The summed E-state index contributed by atoms with van der Waals surface area (Å²) in [5.74, 6) is 0. The average Bonchev–Trinajstić information content (AvgIpc) is 3.98. The van der Waals surface area contributed by atoms with Crippen LogP contribution in [-0.4, -0.2) is 22.6 Å². The van der Waals surface area contributed by atoms with E-state index in [1.165, 1.54) is 133 Å². The molecule has 4 nitrogen and oxygen atoms in total. The minimum absolute atomic E-state index is 0.0169. The summed E-state index contributed by atoms with van der Waals surface area (Å²) >= 11 is 0. The highest BCUT2D eigenvalue weighted by atomic mass is 15.2. The Morgan fingerprint density at radius 2 is 0.653 bits per heavy atom. The summed E-state index contributed by atoms with van der Waals surface area (Å²) in [4.78, 5) is 5.01. The Bertz CT molecular complexity index is 4180. The molecular weight excluding hydrogens is 870 g/mol. The van der Waals surface area contributed by atoms with Crippen LogP contribution in [0.15, 0.2) is 243 Å². The number of aromatic nitrogens is 2. The summed E-state index contributed by atoms with van der Waals surface area (Å²) < 4.78 is 5.27. The zero-order valence-corrected chi connectivity index (χ0v) is 39.0. The third kappa shape index (κ3) is 4.98. The predicted molar refractivity (Wildman–Crippen MR) is 305 cm³/mol. The first-order chi connectivity index (χ1) is 35.8. The van der Waals surface area contributed by atoms with E-state index in [0.29, 0.717) is 0 Å². The van der Waals surface area contributed by atoms with Gasteiger partial charge < -0.3 is 18.9 Å². The molecule has 11 aromatic carbocycles. The van der Waals surface area contributed by atoms with Gasteiger partial charge in [-0.15, -0.1) is 0 Å². The van der Waals surface area contributed by atoms with Crippen molar-refractivity contribution in [1.29, 1.82) is 0 Å². The molecule has 0 spiro atoms. The molecule has 4 aliphatic heterocycles. The normalized spacial score (nSPS) is 13.4. The van der Waals surface area contributed by atoms with E-state index in [1.807, 2.05) is 0 Å². The minimum atomic E-state index is -0.0169. The van der Waals surface area contributed by atoms with Gasteiger partial charge in [-0.25, -0.2) is 0 Å². The Morgan fingerprint density at radius 1 is 0.250 bits per heavy atom. The fraction of sp³-hybridized carbons (Fsp3) is 0. The molecule has 4 aliphatic rings. The van der Waals surface area contributed by atoms with E-state index in [1.54, 1.807) is 0 Å². The number of para-hydroxylation sites is 4. The molecule has 0 N–H and O–H groups in total. The Labute approximate surface area is 417 Å². The van der Waals surface area contributed by atoms with Crippen LogP contribution in [0.2, 0.25) is 0 Å². The summed E-state index contributed by atoms with van der Waals surface area (Å²) in [6, 6.07) is 91.0. The Hall–Kier alpha value is -9.25. The second-order valence-electron chi connectivity index (χ2n) is 20.0. The van der Waals surface area contributed by atoms with E-state index in [0.717, 1.165) is 11.4 Å². The highest BCUT2D eigenvalue weighted by Gasteiger charge is 2.46. The molecule has 6 heteroatoms. The van der Waals surface area contributed by atoms with Gasteiger partial charge in [0.1, 0.15) is 0 Å². The Balaban J connectivity index is 1.02. The van der Waals surface area contributed by atoms with Gasteiger partial charge in [-0.05, 0) is 134 Å². The van der Waals surface area contributed by atoms with Crippen LogP contribution < -0.4 is 42.6 Å². The van der Waals surface area contributed by atoms with Gasteiger partial charge in [-0.2, -0.15) is 0 Å². The van der Waals surface area contributed by atoms with Crippen LogP contribution in [0.25, 0.3) is 77.2 Å². The molecule has 0 bridgehead atoms. The first-order valence-electron chi connectivity index (χ1n) is 25.2. The van der Waals surface area contributed by atoms with Crippen LogP contribution in [0.4, 0.5) is 34.1 Å². The lowest BCUT2D eigenvalue weighted by atomic mass is 9.30. The first kappa shape index (κ1) is 38.6. The molecule has 0 amide bonds. The molecule has 0 unspecified atom stereocenters. The van der Waals surface area contributed by atoms with Crippen LogP contribution in [0.3, 0.4) is 0 Å². The number of rotatable bonds is 4. The lowest BCUT2D eigenvalue weighted by molar-refractivity contribution is 1.14. The van der Waals surface area contributed by atoms with E-state index >= 15 is 0 Å². The van der Waals surface area contributed by atoms with Crippen LogP contribution in [-0.2, 0) is 0 Å². The predicted octanol–water partition coefficient (Wildman–Crippen LogP) is 12.4. The van der Waals surface area contributed by atoms with Crippen molar-refractivity contribution < 1.29 is 0 Å². The monoisotopic (exact) mass is 910 g/mol. The van der Waals surface area contributed by atoms with Crippen molar-refractivity contribution >= 4 is 124 Å². The number of nitrogens with zero attached hydrogens (tertiary/aromatic N) is 4. The van der Waals surface area contributed by atoms with E-state index in [2.05, 4.69) is 262 Å². The summed E-state index contributed by atoms with van der Waals surface area (Å²) in [6.45, 7) is -0.0339. The molecule has 330 valence electrons. The van der Waals surface area contributed by atoms with Crippen molar-refractivity contribution in [2.24, 2.45) is 0 Å². The topological polar surface area (TPSA) is 16.3 Å². The third-order valence-electron chi connectivity index (χ3n) is 16.4. The van der Waals surface area contributed by atoms with E-state index in [-0.39, 0.29) is 13.4 Å². The van der Waals surface area contributed by atoms with Gasteiger partial charge in [-0.1, -0.05) is 164 Å². The lowest BCUT2D eigenvalue weighted by Crippen LogP contribution is -2.64. The van der Waals surface area contributed by atoms with Crippen molar-refractivity contribution in [3.05, 3.63) is 243 Å². The fourth-order valence-electron chi connectivity index (χ4n) is 13.6. The molecule has 0 fully saturated rings. The molecular formula is C66H40B2N4. The second-order valence-corrected chi connectivity index (χ2v) is 20.0. The summed E-state index contributed by atoms with van der Waals surface area (Å²) in [7, 11) is 0. The highest BCUT2D eigenvalue weighted by molar-refractivity contribution is 7.03. The van der Waals surface area contributed by atoms with E-state index in [9.17, 15) is 0 Å². The van der Waals surface area contributed by atoms with Gasteiger partial charge in [-0.3, -0.25) is 0 Å². The van der Waals surface area contributed by atoms with Gasteiger partial charge >= 0.3 is 0 Å². The first-order valence-corrected chi connectivity index (χ1v) is 25.2. The molecule has 72 heavy (non-hydrogen) atoms. The van der Waals surface area contributed by atoms with Crippen molar-refractivity contribution in [3.8, 4) is 33.6 Å². The zero-order valence-electron chi connectivity index (χ0n) is 39.0. The van der Waals surface area contributed by atoms with Gasteiger partial charge in [0, 0.05) is 67.0 Å². The molecule has 17 rings (SSSR count). The Morgan fingerprint density at radius 3 is 1.10 bits per heavy atom. The molecule has 0 atom stereocenters. The largest absolute Gasteiger partial charge is 0.311 e. The molecule has 6 heterocycles. The molecule has 0 aliphatic carbocycles. The average molecular weight is 911 g/mol. The SMILES string of the molecule is c1ccc(-c2ccc3c(c2)c2ccc4c5c2n3-c2cc3c(cc2B5c2ccccc2N4c2ccccc2)B2c4ccccc4N(c4ccccc4)c4ccc5c6cc(-c7ccccc7)ccc6n-3c5c42)cc1. The maximum absolute atomic E-state index is 2.65. The highest BCUT2D eigenvalue weighted by Crippen LogP contribution is 2.46. The van der Waals surface area contributed by atoms with Crippen LogP contribution in [0, 0.1) is 0 Å². The Kier molecular flexibility index (Phi) is 7.60. The summed E-state index contributed by atoms with van der Waals surface area (Å²) in [5.41, 5.74) is 27.7. The van der Waals surface area contributed by atoms with Crippen molar-refractivity contribution in [2.75, 3.05) is 9.80 Å².